The van der Waals surface area contributed by atoms with Crippen molar-refractivity contribution in [2.75, 3.05) is 19.8 Å². The minimum atomic E-state index is -1.18. The lowest BCUT2D eigenvalue weighted by molar-refractivity contribution is -0.159. The zero-order chi connectivity index (χ0) is 20.9. The molecule has 1 heterocycles. The van der Waals surface area contributed by atoms with E-state index in [0.29, 0.717) is 34.6 Å². The molecule has 1 fully saturated rings. The number of aliphatic carboxylic acids is 1. The molecule has 1 saturated heterocycles. The minimum absolute atomic E-state index is 0.00297. The van der Waals surface area contributed by atoms with Crippen LogP contribution < -0.4 is 9.47 Å². The van der Waals surface area contributed by atoms with Crippen molar-refractivity contribution in [3.05, 3.63) is 58.1 Å². The van der Waals surface area contributed by atoms with Gasteiger partial charge in [0, 0.05) is 18.1 Å². The molecule has 0 saturated carbocycles. The van der Waals surface area contributed by atoms with Crippen LogP contribution in [0.2, 0.25) is 10.0 Å². The third kappa shape index (κ3) is 5.76. The Labute approximate surface area is 178 Å². The fourth-order valence-electron chi connectivity index (χ4n) is 3.17. The molecule has 0 radical (unpaired) electrons. The number of hydrogen-bond acceptors (Lipinski definition) is 5. The molecule has 6 nitrogen and oxygen atoms in total. The van der Waals surface area contributed by atoms with Gasteiger partial charge < -0.3 is 24.4 Å². The second-order valence-electron chi connectivity index (χ2n) is 6.93. The predicted octanol–water partition coefficient (Wildman–Crippen LogP) is 3.99. The smallest absolute Gasteiger partial charge is 0.336 e. The van der Waals surface area contributed by atoms with E-state index in [1.54, 1.807) is 36.4 Å². The zero-order valence-electron chi connectivity index (χ0n) is 15.6. The van der Waals surface area contributed by atoms with Crippen molar-refractivity contribution >= 4 is 29.2 Å². The molecule has 0 bridgehead atoms. The predicted molar refractivity (Wildman–Crippen MR) is 109 cm³/mol. The maximum absolute atomic E-state index is 11.6. The maximum Gasteiger partial charge on any atom is 0.336 e. The van der Waals surface area contributed by atoms with E-state index in [1.165, 1.54) is 0 Å². The normalized spacial score (nSPS) is 19.7. The fourth-order valence-corrected chi connectivity index (χ4v) is 3.64. The van der Waals surface area contributed by atoms with Crippen molar-refractivity contribution in [2.45, 2.75) is 31.0 Å². The zero-order valence-corrected chi connectivity index (χ0v) is 17.2. The Morgan fingerprint density at radius 1 is 1.17 bits per heavy atom. The van der Waals surface area contributed by atoms with Crippen LogP contribution in [0.4, 0.5) is 0 Å². The van der Waals surface area contributed by atoms with Crippen molar-refractivity contribution in [1.29, 1.82) is 0 Å². The third-order valence-corrected chi connectivity index (χ3v) is 5.18. The largest absolute Gasteiger partial charge is 0.491 e. The van der Waals surface area contributed by atoms with E-state index in [0.717, 1.165) is 12.0 Å². The Balaban J connectivity index is 1.53. The van der Waals surface area contributed by atoms with E-state index in [1.807, 2.05) is 6.07 Å². The van der Waals surface area contributed by atoms with Gasteiger partial charge in [0.25, 0.3) is 0 Å². The summed E-state index contributed by atoms with van der Waals surface area (Å²) in [5.74, 6) is 0.00649. The number of aliphatic hydroxyl groups excluding tert-OH is 1. The summed E-state index contributed by atoms with van der Waals surface area (Å²) in [6, 6.07) is 12.0. The average molecular weight is 441 g/mol. The lowest BCUT2D eigenvalue weighted by Crippen LogP contribution is -2.40. The number of benzene rings is 2. The summed E-state index contributed by atoms with van der Waals surface area (Å²) in [4.78, 5) is 11.6. The number of aliphatic hydroxyl groups is 1. The lowest BCUT2D eigenvalue weighted by Gasteiger charge is -2.23. The van der Waals surface area contributed by atoms with Crippen LogP contribution in [0.25, 0.3) is 0 Å². The molecule has 1 aliphatic heterocycles. The van der Waals surface area contributed by atoms with Gasteiger partial charge in [-0.15, -0.1) is 0 Å². The Bertz CT molecular complexity index is 851. The number of ether oxygens (including phenoxy) is 3. The third-order valence-electron chi connectivity index (χ3n) is 4.65. The van der Waals surface area contributed by atoms with Crippen LogP contribution in [0, 0.1) is 0 Å². The molecule has 2 N–H and O–H groups in total. The highest BCUT2D eigenvalue weighted by atomic mass is 35.5. The number of rotatable bonds is 9. The molecule has 1 aliphatic rings. The first-order chi connectivity index (χ1) is 13.9. The maximum atomic E-state index is 11.6. The fraction of sp³-hybridized carbons (Fsp3) is 0.381. The highest BCUT2D eigenvalue weighted by Crippen LogP contribution is 2.31. The van der Waals surface area contributed by atoms with Crippen LogP contribution in [-0.2, 0) is 16.0 Å². The molecule has 29 heavy (non-hydrogen) atoms. The Hall–Kier alpha value is -1.99. The van der Waals surface area contributed by atoms with Crippen molar-refractivity contribution < 1.29 is 29.2 Å². The molecule has 0 aliphatic carbocycles. The van der Waals surface area contributed by atoms with Crippen LogP contribution in [0.15, 0.2) is 42.5 Å². The minimum Gasteiger partial charge on any atom is -0.491 e. The molecule has 2 aromatic rings. The van der Waals surface area contributed by atoms with Crippen molar-refractivity contribution in [3.8, 4) is 11.5 Å². The summed E-state index contributed by atoms with van der Waals surface area (Å²) in [6.07, 6.45) is 0.595. The molecule has 0 amide bonds. The Kier molecular flexibility index (Phi) is 7.24. The van der Waals surface area contributed by atoms with Gasteiger partial charge >= 0.3 is 5.97 Å². The molecule has 8 heteroatoms. The van der Waals surface area contributed by atoms with Crippen LogP contribution in [-0.4, -0.2) is 47.7 Å². The standard InChI is InChI=1S/C21H22Cl2O6/c22-15-5-6-19(18(23)10-15)28-13-16(24)12-27-17-4-1-3-14(9-17)11-21(20(25)26)7-2-8-29-21/h1,3-6,9-10,16,24H,2,7-8,11-13H2,(H,25,26). The van der Waals surface area contributed by atoms with Crippen molar-refractivity contribution in [1.82, 2.24) is 0 Å². The molecule has 2 atom stereocenters. The first-order valence-corrected chi connectivity index (χ1v) is 9.98. The highest BCUT2D eigenvalue weighted by molar-refractivity contribution is 6.35. The average Bonchev–Trinajstić information content (AvgIpc) is 3.16. The summed E-state index contributed by atoms with van der Waals surface area (Å²) >= 11 is 11.9. The lowest BCUT2D eigenvalue weighted by atomic mass is 9.91. The summed E-state index contributed by atoms with van der Waals surface area (Å²) in [5.41, 5.74) is -0.380. The quantitative estimate of drug-likeness (QED) is 0.612. The van der Waals surface area contributed by atoms with E-state index in [2.05, 4.69) is 0 Å². The number of carboxylic acids is 1. The number of carboxylic acid groups (broad SMARTS) is 1. The molecular weight excluding hydrogens is 419 g/mol. The SMILES string of the molecule is O=C(O)C1(Cc2cccc(OCC(O)COc3ccc(Cl)cc3Cl)c2)CCCO1. The van der Waals surface area contributed by atoms with Gasteiger partial charge in [-0.05, 0) is 48.7 Å². The summed E-state index contributed by atoms with van der Waals surface area (Å²) in [7, 11) is 0. The van der Waals surface area contributed by atoms with Crippen LogP contribution in [0.1, 0.15) is 18.4 Å². The van der Waals surface area contributed by atoms with Gasteiger partial charge in [-0.25, -0.2) is 4.79 Å². The van der Waals surface area contributed by atoms with Crippen LogP contribution in [0.3, 0.4) is 0 Å². The van der Waals surface area contributed by atoms with E-state index in [-0.39, 0.29) is 19.6 Å². The van der Waals surface area contributed by atoms with Gasteiger partial charge in [0.2, 0.25) is 0 Å². The molecule has 2 unspecified atom stereocenters. The Morgan fingerprint density at radius 2 is 1.97 bits per heavy atom. The van der Waals surface area contributed by atoms with Crippen LogP contribution in [0.5, 0.6) is 11.5 Å². The van der Waals surface area contributed by atoms with Gasteiger partial charge in [0.05, 0.1) is 5.02 Å². The second kappa shape index (κ2) is 9.67. The first kappa shape index (κ1) is 21.7. The van der Waals surface area contributed by atoms with Gasteiger partial charge in [0.15, 0.2) is 5.60 Å². The number of halogens is 2. The van der Waals surface area contributed by atoms with Gasteiger partial charge in [-0.2, -0.15) is 0 Å². The molecule has 0 spiro atoms. The molecular formula is C21H22Cl2O6. The van der Waals surface area contributed by atoms with E-state index < -0.39 is 17.7 Å². The van der Waals surface area contributed by atoms with Crippen molar-refractivity contribution in [3.63, 3.8) is 0 Å². The summed E-state index contributed by atoms with van der Waals surface area (Å²) in [6.45, 7) is 0.457. The van der Waals surface area contributed by atoms with Crippen LogP contribution >= 0.6 is 23.2 Å². The topological polar surface area (TPSA) is 85.2 Å². The highest BCUT2D eigenvalue weighted by Gasteiger charge is 2.42. The second-order valence-corrected chi connectivity index (χ2v) is 7.77. The van der Waals surface area contributed by atoms with E-state index in [4.69, 9.17) is 37.4 Å². The van der Waals surface area contributed by atoms with Gasteiger partial charge in [-0.1, -0.05) is 35.3 Å². The molecule has 0 aromatic heterocycles. The number of carbonyl (C=O) groups is 1. The monoisotopic (exact) mass is 440 g/mol. The van der Waals surface area contributed by atoms with E-state index >= 15 is 0 Å². The number of hydrogen-bond donors (Lipinski definition) is 2. The first-order valence-electron chi connectivity index (χ1n) is 9.23. The van der Waals surface area contributed by atoms with E-state index in [9.17, 15) is 15.0 Å². The molecule has 3 rings (SSSR count). The Morgan fingerprint density at radius 3 is 2.66 bits per heavy atom. The van der Waals surface area contributed by atoms with Crippen molar-refractivity contribution in [2.24, 2.45) is 0 Å². The summed E-state index contributed by atoms with van der Waals surface area (Å²) in [5, 5.41) is 20.5. The summed E-state index contributed by atoms with van der Waals surface area (Å²) < 4.78 is 16.6. The van der Waals surface area contributed by atoms with Gasteiger partial charge in [-0.3, -0.25) is 0 Å². The molecule has 156 valence electrons. The molecule has 2 aromatic carbocycles. The van der Waals surface area contributed by atoms with Gasteiger partial charge in [0.1, 0.15) is 30.8 Å².